The van der Waals surface area contributed by atoms with E-state index >= 15 is 0 Å². The number of rotatable bonds is 7. The lowest BCUT2D eigenvalue weighted by Gasteiger charge is -2.07. The van der Waals surface area contributed by atoms with E-state index in [9.17, 15) is 9.59 Å². The SMILES string of the molecule is CC(C)CC(=O)CCCNC(=O)C(C)C. The van der Waals surface area contributed by atoms with Crippen LogP contribution in [0, 0.1) is 11.8 Å². The first-order valence-electron chi connectivity index (χ1n) is 5.73. The molecule has 0 rings (SSSR count). The minimum absolute atomic E-state index is 0.0244. The van der Waals surface area contributed by atoms with E-state index in [1.807, 2.05) is 27.7 Å². The Labute approximate surface area is 92.6 Å². The first kappa shape index (κ1) is 14.1. The summed E-state index contributed by atoms with van der Waals surface area (Å²) in [6.45, 7) is 8.41. The van der Waals surface area contributed by atoms with E-state index in [1.165, 1.54) is 0 Å². The molecule has 0 aliphatic rings. The third kappa shape index (κ3) is 8.16. The first-order chi connectivity index (χ1) is 6.93. The summed E-state index contributed by atoms with van der Waals surface area (Å²) < 4.78 is 0. The van der Waals surface area contributed by atoms with Gasteiger partial charge >= 0.3 is 0 Å². The number of amides is 1. The number of carbonyl (C=O) groups is 2. The number of hydrogen-bond acceptors (Lipinski definition) is 2. The zero-order valence-electron chi connectivity index (χ0n) is 10.3. The maximum absolute atomic E-state index is 11.3. The number of hydrogen-bond donors (Lipinski definition) is 1. The molecule has 0 saturated heterocycles. The van der Waals surface area contributed by atoms with Gasteiger partial charge in [0.15, 0.2) is 0 Å². The molecule has 0 aromatic carbocycles. The summed E-state index contributed by atoms with van der Waals surface area (Å²) in [5, 5.41) is 2.80. The molecule has 3 heteroatoms. The normalized spacial score (nSPS) is 10.8. The molecule has 0 aliphatic heterocycles. The molecule has 0 spiro atoms. The van der Waals surface area contributed by atoms with Crippen LogP contribution in [0.2, 0.25) is 0 Å². The van der Waals surface area contributed by atoms with Crippen LogP contribution in [-0.4, -0.2) is 18.2 Å². The molecule has 0 atom stereocenters. The predicted molar refractivity (Wildman–Crippen MR) is 61.5 cm³/mol. The standard InChI is InChI=1S/C12H23NO2/c1-9(2)8-11(14)6-5-7-13-12(15)10(3)4/h9-10H,5-8H2,1-4H3,(H,13,15). The fourth-order valence-electron chi connectivity index (χ4n) is 1.26. The molecule has 15 heavy (non-hydrogen) atoms. The fraction of sp³-hybridized carbons (Fsp3) is 0.833. The molecule has 0 radical (unpaired) electrons. The molecule has 1 N–H and O–H groups in total. The molecule has 0 unspecified atom stereocenters. The van der Waals surface area contributed by atoms with Crippen LogP contribution in [0.15, 0.2) is 0 Å². The van der Waals surface area contributed by atoms with Crippen LogP contribution in [-0.2, 0) is 9.59 Å². The number of ketones is 1. The van der Waals surface area contributed by atoms with Crippen LogP contribution in [0.4, 0.5) is 0 Å². The lowest BCUT2D eigenvalue weighted by molar-refractivity contribution is -0.124. The van der Waals surface area contributed by atoms with Gasteiger partial charge in [-0.15, -0.1) is 0 Å². The Morgan fingerprint density at radius 1 is 1.13 bits per heavy atom. The van der Waals surface area contributed by atoms with Crippen molar-refractivity contribution >= 4 is 11.7 Å². The molecule has 0 aromatic heterocycles. The summed E-state index contributed by atoms with van der Waals surface area (Å²) in [5.74, 6) is 0.814. The van der Waals surface area contributed by atoms with Crippen molar-refractivity contribution in [1.29, 1.82) is 0 Å². The zero-order valence-corrected chi connectivity index (χ0v) is 10.3. The quantitative estimate of drug-likeness (QED) is 0.659. The van der Waals surface area contributed by atoms with E-state index in [-0.39, 0.29) is 11.8 Å². The van der Waals surface area contributed by atoms with Gasteiger partial charge in [-0.1, -0.05) is 27.7 Å². The highest BCUT2D eigenvalue weighted by molar-refractivity contribution is 5.79. The Hall–Kier alpha value is -0.860. The van der Waals surface area contributed by atoms with Crippen LogP contribution in [0.5, 0.6) is 0 Å². The lowest BCUT2D eigenvalue weighted by atomic mass is 10.0. The number of Topliss-reactive ketones (excluding diaryl/α,β-unsaturated/α-hetero) is 1. The van der Waals surface area contributed by atoms with Gasteiger partial charge in [0, 0.05) is 25.3 Å². The van der Waals surface area contributed by atoms with Crippen molar-refractivity contribution in [3.8, 4) is 0 Å². The summed E-state index contributed by atoms with van der Waals surface area (Å²) in [6.07, 6.45) is 1.98. The minimum atomic E-state index is 0.0244. The van der Waals surface area contributed by atoms with Crippen LogP contribution in [0.3, 0.4) is 0 Å². The molecular formula is C12H23NO2. The molecule has 0 bridgehead atoms. The van der Waals surface area contributed by atoms with Crippen LogP contribution < -0.4 is 5.32 Å². The van der Waals surface area contributed by atoms with Crippen molar-refractivity contribution in [3.05, 3.63) is 0 Å². The van der Waals surface area contributed by atoms with Gasteiger partial charge < -0.3 is 5.32 Å². The van der Waals surface area contributed by atoms with Crippen molar-refractivity contribution in [3.63, 3.8) is 0 Å². The van der Waals surface area contributed by atoms with Gasteiger partial charge in [0.05, 0.1) is 0 Å². The minimum Gasteiger partial charge on any atom is -0.356 e. The second-order valence-corrected chi connectivity index (χ2v) is 4.69. The van der Waals surface area contributed by atoms with E-state index in [4.69, 9.17) is 0 Å². The summed E-state index contributed by atoms with van der Waals surface area (Å²) in [7, 11) is 0. The molecule has 0 heterocycles. The maximum atomic E-state index is 11.3. The summed E-state index contributed by atoms with van der Waals surface area (Å²) in [6, 6.07) is 0. The van der Waals surface area contributed by atoms with Crippen molar-refractivity contribution < 1.29 is 9.59 Å². The lowest BCUT2D eigenvalue weighted by Crippen LogP contribution is -2.28. The summed E-state index contributed by atoms with van der Waals surface area (Å²) in [5.41, 5.74) is 0. The van der Waals surface area contributed by atoms with E-state index < -0.39 is 0 Å². The highest BCUT2D eigenvalue weighted by Crippen LogP contribution is 2.04. The fourth-order valence-corrected chi connectivity index (χ4v) is 1.26. The van der Waals surface area contributed by atoms with Gasteiger partial charge in [-0.05, 0) is 12.3 Å². The van der Waals surface area contributed by atoms with Crippen molar-refractivity contribution in [2.24, 2.45) is 11.8 Å². The Kier molecular flexibility index (Phi) is 7.01. The third-order valence-electron chi connectivity index (χ3n) is 2.09. The summed E-state index contributed by atoms with van der Waals surface area (Å²) >= 11 is 0. The molecular weight excluding hydrogens is 190 g/mol. The van der Waals surface area contributed by atoms with Gasteiger partial charge in [-0.2, -0.15) is 0 Å². The Bertz CT molecular complexity index is 210. The highest BCUT2D eigenvalue weighted by Gasteiger charge is 2.07. The second-order valence-electron chi connectivity index (χ2n) is 4.69. The Balaban J connectivity index is 3.46. The molecule has 3 nitrogen and oxygen atoms in total. The first-order valence-corrected chi connectivity index (χ1v) is 5.73. The number of carbonyl (C=O) groups excluding carboxylic acids is 2. The molecule has 0 aliphatic carbocycles. The molecule has 0 saturated carbocycles. The molecule has 88 valence electrons. The van der Waals surface area contributed by atoms with E-state index in [0.29, 0.717) is 31.1 Å². The molecule has 0 aromatic rings. The van der Waals surface area contributed by atoms with Crippen LogP contribution in [0.25, 0.3) is 0 Å². The van der Waals surface area contributed by atoms with Crippen molar-refractivity contribution in [1.82, 2.24) is 5.32 Å². The predicted octanol–water partition coefficient (Wildman–Crippen LogP) is 2.15. The zero-order chi connectivity index (χ0) is 11.8. The monoisotopic (exact) mass is 213 g/mol. The smallest absolute Gasteiger partial charge is 0.222 e. The van der Waals surface area contributed by atoms with Gasteiger partial charge in [-0.3, -0.25) is 9.59 Å². The van der Waals surface area contributed by atoms with Crippen molar-refractivity contribution in [2.45, 2.75) is 47.0 Å². The Morgan fingerprint density at radius 3 is 2.20 bits per heavy atom. The third-order valence-corrected chi connectivity index (χ3v) is 2.09. The average molecular weight is 213 g/mol. The van der Waals surface area contributed by atoms with Gasteiger partial charge in [0.25, 0.3) is 0 Å². The van der Waals surface area contributed by atoms with Crippen LogP contribution in [0.1, 0.15) is 47.0 Å². The van der Waals surface area contributed by atoms with Gasteiger partial charge in [-0.25, -0.2) is 0 Å². The second kappa shape index (κ2) is 7.43. The maximum Gasteiger partial charge on any atom is 0.222 e. The van der Waals surface area contributed by atoms with Gasteiger partial charge in [0.1, 0.15) is 5.78 Å². The van der Waals surface area contributed by atoms with Crippen LogP contribution >= 0.6 is 0 Å². The van der Waals surface area contributed by atoms with Gasteiger partial charge in [0.2, 0.25) is 5.91 Å². The Morgan fingerprint density at radius 2 is 1.73 bits per heavy atom. The molecule has 1 amide bonds. The topological polar surface area (TPSA) is 46.2 Å². The summed E-state index contributed by atoms with van der Waals surface area (Å²) in [4.78, 5) is 22.5. The van der Waals surface area contributed by atoms with E-state index in [1.54, 1.807) is 0 Å². The average Bonchev–Trinajstić information content (AvgIpc) is 2.10. The number of nitrogens with one attached hydrogen (secondary N) is 1. The largest absolute Gasteiger partial charge is 0.356 e. The van der Waals surface area contributed by atoms with Crippen molar-refractivity contribution in [2.75, 3.05) is 6.54 Å². The van der Waals surface area contributed by atoms with E-state index in [2.05, 4.69) is 5.32 Å². The van der Waals surface area contributed by atoms with E-state index in [0.717, 1.165) is 6.42 Å². The molecule has 0 fully saturated rings. The highest BCUT2D eigenvalue weighted by atomic mass is 16.1.